The van der Waals surface area contributed by atoms with Crippen LogP contribution in [-0.4, -0.2) is 16.0 Å². The number of phenols is 1. The maximum absolute atomic E-state index is 14.3. The zero-order valence-electron chi connectivity index (χ0n) is 18.3. The third-order valence-electron chi connectivity index (χ3n) is 7.09. The third-order valence-corrected chi connectivity index (χ3v) is 7.09. The minimum Gasteiger partial charge on any atom is -0.512 e. The number of aliphatic hydroxyl groups is 1. The van der Waals surface area contributed by atoms with Crippen LogP contribution in [0.2, 0.25) is 0 Å². The molecule has 0 amide bonds. The highest BCUT2D eigenvalue weighted by atomic mass is 16.3. The average Bonchev–Trinajstić information content (AvgIpc) is 3.01. The van der Waals surface area contributed by atoms with Crippen molar-refractivity contribution in [1.29, 1.82) is 0 Å². The molecule has 3 aromatic carbocycles. The van der Waals surface area contributed by atoms with Crippen LogP contribution in [0.3, 0.4) is 0 Å². The zero-order chi connectivity index (χ0) is 22.1. The molecule has 2 atom stereocenters. The monoisotopic (exact) mass is 410 g/mol. The van der Waals surface area contributed by atoms with Gasteiger partial charge in [0.2, 0.25) is 0 Å². The number of aliphatic hydroxyl groups excluding tert-OH is 1. The maximum atomic E-state index is 14.3. The number of ketones is 1. The van der Waals surface area contributed by atoms with Crippen LogP contribution in [0.1, 0.15) is 52.9 Å². The summed E-state index contributed by atoms with van der Waals surface area (Å²) in [5, 5.41) is 23.0. The molecular formula is C28H26O3. The first-order valence-corrected chi connectivity index (χ1v) is 10.7. The van der Waals surface area contributed by atoms with Crippen LogP contribution in [0, 0.1) is 19.8 Å². The molecule has 2 N–H and O–H groups in total. The number of hydrogen-bond acceptors (Lipinski definition) is 3. The molecule has 0 fully saturated rings. The minimum atomic E-state index is -0.970. The normalized spacial score (nSPS) is 22.9. The van der Waals surface area contributed by atoms with Gasteiger partial charge in [-0.1, -0.05) is 61.5 Å². The second-order valence-electron chi connectivity index (χ2n) is 9.09. The summed E-state index contributed by atoms with van der Waals surface area (Å²) in [6.07, 6.45) is 2.59. The largest absolute Gasteiger partial charge is 0.512 e. The predicted octanol–water partition coefficient (Wildman–Crippen LogP) is 6.44. The summed E-state index contributed by atoms with van der Waals surface area (Å²) >= 11 is 0. The van der Waals surface area contributed by atoms with Gasteiger partial charge in [0.25, 0.3) is 0 Å². The Morgan fingerprint density at radius 2 is 1.61 bits per heavy atom. The first-order chi connectivity index (χ1) is 14.8. The van der Waals surface area contributed by atoms with Gasteiger partial charge in [-0.3, -0.25) is 4.79 Å². The Labute approximate surface area is 182 Å². The Kier molecular flexibility index (Phi) is 4.17. The van der Waals surface area contributed by atoms with Gasteiger partial charge in [-0.15, -0.1) is 0 Å². The van der Waals surface area contributed by atoms with E-state index in [1.807, 2.05) is 76.2 Å². The van der Waals surface area contributed by atoms with Crippen molar-refractivity contribution in [2.45, 2.75) is 39.5 Å². The first-order valence-electron chi connectivity index (χ1n) is 10.7. The van der Waals surface area contributed by atoms with E-state index < -0.39 is 5.41 Å². The van der Waals surface area contributed by atoms with E-state index in [4.69, 9.17) is 0 Å². The van der Waals surface area contributed by atoms with E-state index in [9.17, 15) is 15.0 Å². The molecule has 0 saturated carbocycles. The molecule has 0 radical (unpaired) electrons. The topological polar surface area (TPSA) is 57.5 Å². The molecular weight excluding hydrogens is 384 g/mol. The molecule has 0 saturated heterocycles. The van der Waals surface area contributed by atoms with Gasteiger partial charge in [-0.25, -0.2) is 0 Å². The summed E-state index contributed by atoms with van der Waals surface area (Å²) in [4.78, 5) is 14.3. The second kappa shape index (κ2) is 6.58. The van der Waals surface area contributed by atoms with Crippen molar-refractivity contribution in [3.63, 3.8) is 0 Å². The van der Waals surface area contributed by atoms with Gasteiger partial charge >= 0.3 is 0 Å². The SMILES string of the molecule is CC1=C(O)C(C)CC(C2(c3cc(C)c(O)c(C)c3)C(=O)c3cccc4cccc2c34)=C1. The van der Waals surface area contributed by atoms with Crippen LogP contribution < -0.4 is 0 Å². The average molecular weight is 411 g/mol. The molecule has 3 heteroatoms. The predicted molar refractivity (Wildman–Crippen MR) is 124 cm³/mol. The number of Topliss-reactive ketones (excluding diaryl/α,β-unsaturated/α-hetero) is 1. The molecule has 0 spiro atoms. The van der Waals surface area contributed by atoms with E-state index in [1.54, 1.807) is 0 Å². The number of allylic oxidation sites excluding steroid dienone is 4. The number of aryl methyl sites for hydroxylation is 2. The molecule has 2 aliphatic carbocycles. The molecule has 156 valence electrons. The number of phenolic OH excluding ortho intramolecular Hbond substituents is 1. The smallest absolute Gasteiger partial charge is 0.182 e. The molecule has 5 rings (SSSR count). The van der Waals surface area contributed by atoms with Crippen molar-refractivity contribution in [1.82, 2.24) is 0 Å². The van der Waals surface area contributed by atoms with E-state index in [-0.39, 0.29) is 17.5 Å². The second-order valence-corrected chi connectivity index (χ2v) is 9.09. The molecule has 3 nitrogen and oxygen atoms in total. The summed E-state index contributed by atoms with van der Waals surface area (Å²) in [6, 6.07) is 15.9. The zero-order valence-corrected chi connectivity index (χ0v) is 18.3. The number of aromatic hydroxyl groups is 1. The van der Waals surface area contributed by atoms with Gasteiger partial charge < -0.3 is 10.2 Å². The van der Waals surface area contributed by atoms with Gasteiger partial charge in [0.05, 0.1) is 5.76 Å². The number of benzene rings is 3. The molecule has 0 aliphatic heterocycles. The van der Waals surface area contributed by atoms with Gasteiger partial charge in [0.15, 0.2) is 5.78 Å². The summed E-state index contributed by atoms with van der Waals surface area (Å²) in [5.74, 6) is 0.654. The van der Waals surface area contributed by atoms with Crippen molar-refractivity contribution >= 4 is 16.6 Å². The Hall–Kier alpha value is -3.33. The lowest BCUT2D eigenvalue weighted by molar-refractivity contribution is 0.0939. The highest BCUT2D eigenvalue weighted by Crippen LogP contribution is 2.54. The Morgan fingerprint density at radius 3 is 2.26 bits per heavy atom. The fourth-order valence-corrected chi connectivity index (χ4v) is 5.60. The van der Waals surface area contributed by atoms with Crippen LogP contribution in [0.4, 0.5) is 0 Å². The molecule has 0 aromatic heterocycles. The molecule has 2 unspecified atom stereocenters. The van der Waals surface area contributed by atoms with Crippen molar-refractivity contribution in [3.8, 4) is 5.75 Å². The van der Waals surface area contributed by atoms with Crippen LogP contribution in [-0.2, 0) is 5.41 Å². The van der Waals surface area contributed by atoms with Crippen molar-refractivity contribution in [2.24, 2.45) is 5.92 Å². The van der Waals surface area contributed by atoms with E-state index in [2.05, 4.69) is 6.07 Å². The van der Waals surface area contributed by atoms with Crippen LogP contribution in [0.5, 0.6) is 5.75 Å². The lowest BCUT2D eigenvalue weighted by Crippen LogP contribution is -2.38. The molecule has 0 bridgehead atoms. The quantitative estimate of drug-likeness (QED) is 0.511. The van der Waals surface area contributed by atoms with Crippen molar-refractivity contribution < 1.29 is 15.0 Å². The van der Waals surface area contributed by atoms with Crippen LogP contribution in [0.15, 0.2) is 71.5 Å². The number of rotatable bonds is 2. The summed E-state index contributed by atoms with van der Waals surface area (Å²) < 4.78 is 0. The maximum Gasteiger partial charge on any atom is 0.182 e. The Bertz CT molecular complexity index is 1310. The minimum absolute atomic E-state index is 0.0631. The third kappa shape index (κ3) is 2.49. The Morgan fingerprint density at radius 1 is 0.968 bits per heavy atom. The number of carbonyl (C=O) groups excluding carboxylic acids is 1. The van der Waals surface area contributed by atoms with Gasteiger partial charge in [0.1, 0.15) is 11.2 Å². The number of hydrogen-bond donors (Lipinski definition) is 2. The van der Waals surface area contributed by atoms with Crippen molar-refractivity contribution in [2.75, 3.05) is 0 Å². The molecule has 0 heterocycles. The van der Waals surface area contributed by atoms with E-state index >= 15 is 0 Å². The van der Waals surface area contributed by atoms with Gasteiger partial charge in [0, 0.05) is 11.5 Å². The molecule has 2 aliphatic rings. The van der Waals surface area contributed by atoms with Crippen LogP contribution in [0.25, 0.3) is 10.8 Å². The highest BCUT2D eigenvalue weighted by Gasteiger charge is 2.52. The number of carbonyl (C=O) groups is 1. The fraction of sp³-hybridized carbons (Fsp3) is 0.250. The van der Waals surface area contributed by atoms with Crippen LogP contribution >= 0.6 is 0 Å². The first kappa shape index (κ1) is 19.6. The van der Waals surface area contributed by atoms with E-state index in [0.29, 0.717) is 12.2 Å². The fourth-order valence-electron chi connectivity index (χ4n) is 5.60. The summed E-state index contributed by atoms with van der Waals surface area (Å²) in [7, 11) is 0. The van der Waals surface area contributed by atoms with Crippen molar-refractivity contribution in [3.05, 3.63) is 99.3 Å². The van der Waals surface area contributed by atoms with Gasteiger partial charge in [-0.05, 0) is 71.4 Å². The van der Waals surface area contributed by atoms with Gasteiger partial charge in [-0.2, -0.15) is 0 Å². The van der Waals surface area contributed by atoms with E-state index in [0.717, 1.165) is 49.7 Å². The summed E-state index contributed by atoms with van der Waals surface area (Å²) in [6.45, 7) is 7.66. The summed E-state index contributed by atoms with van der Waals surface area (Å²) in [5.41, 5.74) is 4.94. The highest BCUT2D eigenvalue weighted by molar-refractivity contribution is 6.23. The molecule has 31 heavy (non-hydrogen) atoms. The lowest BCUT2D eigenvalue weighted by Gasteiger charge is -2.37. The lowest BCUT2D eigenvalue weighted by atomic mass is 9.64. The standard InChI is InChI=1S/C28H26O3/c1-15-11-20(12-16(2)25(15)29)28(21-13-17(3)26(30)18(4)14-21)23-10-6-8-19-7-5-9-22(24(19)23)27(28)31/h5-13,18,29-30H,14H2,1-4H3. The molecule has 3 aromatic rings. The van der Waals surface area contributed by atoms with E-state index in [1.165, 1.54) is 0 Å². The Balaban J connectivity index is 1.93.